The topological polar surface area (TPSA) is 54.4 Å². The monoisotopic (exact) mass is 238 g/mol. The van der Waals surface area contributed by atoms with Crippen molar-refractivity contribution in [3.63, 3.8) is 0 Å². The van der Waals surface area contributed by atoms with Gasteiger partial charge in [0, 0.05) is 5.56 Å². The molecule has 16 heavy (non-hydrogen) atoms. The van der Waals surface area contributed by atoms with E-state index in [-0.39, 0.29) is 11.3 Å². The molecule has 1 aromatic carbocycles. The van der Waals surface area contributed by atoms with Gasteiger partial charge in [-0.2, -0.15) is 11.8 Å². The van der Waals surface area contributed by atoms with Crippen LogP contribution in [-0.4, -0.2) is 28.4 Å². The Hall–Kier alpha value is -1.29. The fourth-order valence-electron chi connectivity index (χ4n) is 1.30. The Morgan fingerprint density at radius 2 is 2.06 bits per heavy atom. The van der Waals surface area contributed by atoms with Gasteiger partial charge in [-0.25, -0.2) is 4.79 Å². The van der Waals surface area contributed by atoms with E-state index in [1.807, 2.05) is 6.92 Å². The molecule has 86 valence electrons. The lowest BCUT2D eigenvalue weighted by atomic mass is 10.0. The van der Waals surface area contributed by atoms with E-state index in [0.29, 0.717) is 16.9 Å². The van der Waals surface area contributed by atoms with Crippen LogP contribution in [0.5, 0.6) is 0 Å². The largest absolute Gasteiger partial charge is 0.478 e. The zero-order valence-corrected chi connectivity index (χ0v) is 10.1. The van der Waals surface area contributed by atoms with Crippen LogP contribution < -0.4 is 0 Å². The summed E-state index contributed by atoms with van der Waals surface area (Å²) in [5, 5.41) is 8.93. The Kier molecular flexibility index (Phi) is 4.55. The van der Waals surface area contributed by atoms with E-state index in [1.54, 1.807) is 19.1 Å². The normalized spacial score (nSPS) is 10.1. The summed E-state index contributed by atoms with van der Waals surface area (Å²) in [6.45, 7) is 3.70. The summed E-state index contributed by atoms with van der Waals surface area (Å²) in [4.78, 5) is 22.6. The lowest BCUT2D eigenvalue weighted by Gasteiger charge is -2.04. The van der Waals surface area contributed by atoms with Gasteiger partial charge in [0.05, 0.1) is 11.3 Å². The minimum atomic E-state index is -0.990. The number of carboxylic acid groups (broad SMARTS) is 1. The van der Waals surface area contributed by atoms with Crippen LogP contribution in [0, 0.1) is 6.92 Å². The molecule has 0 aromatic heterocycles. The number of carboxylic acids is 1. The highest BCUT2D eigenvalue weighted by atomic mass is 32.2. The van der Waals surface area contributed by atoms with Crippen molar-refractivity contribution in [3.8, 4) is 0 Å². The number of carbonyl (C=O) groups is 2. The first-order valence-corrected chi connectivity index (χ1v) is 6.16. The molecule has 0 aliphatic carbocycles. The van der Waals surface area contributed by atoms with E-state index in [9.17, 15) is 9.59 Å². The van der Waals surface area contributed by atoms with Crippen molar-refractivity contribution in [2.75, 3.05) is 11.5 Å². The van der Waals surface area contributed by atoms with Crippen molar-refractivity contribution in [1.29, 1.82) is 0 Å². The van der Waals surface area contributed by atoms with Gasteiger partial charge in [0.25, 0.3) is 0 Å². The van der Waals surface area contributed by atoms with Gasteiger partial charge in [-0.15, -0.1) is 0 Å². The highest BCUT2D eigenvalue weighted by Crippen LogP contribution is 2.13. The first-order valence-electron chi connectivity index (χ1n) is 5.01. The number of benzene rings is 1. The quantitative estimate of drug-likeness (QED) is 0.801. The van der Waals surface area contributed by atoms with Crippen LogP contribution in [0.4, 0.5) is 0 Å². The van der Waals surface area contributed by atoms with Gasteiger partial charge >= 0.3 is 5.97 Å². The number of hydrogen-bond acceptors (Lipinski definition) is 3. The molecule has 1 aromatic rings. The summed E-state index contributed by atoms with van der Waals surface area (Å²) in [5.41, 5.74) is 1.35. The highest BCUT2D eigenvalue weighted by Gasteiger charge is 2.11. The van der Waals surface area contributed by atoms with Gasteiger partial charge in [0.1, 0.15) is 0 Å². The first kappa shape index (κ1) is 12.8. The van der Waals surface area contributed by atoms with Crippen molar-refractivity contribution in [1.82, 2.24) is 0 Å². The third-order valence-corrected chi connectivity index (χ3v) is 3.10. The second-order valence-corrected chi connectivity index (χ2v) is 4.67. The molecule has 0 saturated carbocycles. The van der Waals surface area contributed by atoms with Gasteiger partial charge in [0.2, 0.25) is 0 Å². The number of hydrogen-bond donors (Lipinski definition) is 1. The SMILES string of the molecule is CCSCC(=O)c1ccc(C)c(C(=O)O)c1. The molecule has 4 heteroatoms. The molecule has 0 radical (unpaired) electrons. The highest BCUT2D eigenvalue weighted by molar-refractivity contribution is 7.99. The third-order valence-electron chi connectivity index (χ3n) is 2.23. The first-order chi connectivity index (χ1) is 7.56. The van der Waals surface area contributed by atoms with Gasteiger partial charge < -0.3 is 5.11 Å². The van der Waals surface area contributed by atoms with Gasteiger partial charge in [0.15, 0.2) is 5.78 Å². The summed E-state index contributed by atoms with van der Waals surface area (Å²) >= 11 is 1.53. The molecule has 0 fully saturated rings. The van der Waals surface area contributed by atoms with Crippen LogP contribution in [0.3, 0.4) is 0 Å². The molecule has 0 bridgehead atoms. The maximum Gasteiger partial charge on any atom is 0.335 e. The predicted molar refractivity (Wildman–Crippen MR) is 65.5 cm³/mol. The molecule has 0 saturated heterocycles. The number of carbonyl (C=O) groups excluding carboxylic acids is 1. The van der Waals surface area contributed by atoms with E-state index in [0.717, 1.165) is 5.75 Å². The fourth-order valence-corrected chi connectivity index (χ4v) is 1.86. The minimum absolute atomic E-state index is 0.0191. The average Bonchev–Trinajstić information content (AvgIpc) is 2.26. The summed E-state index contributed by atoms with van der Waals surface area (Å²) in [6.07, 6.45) is 0. The Morgan fingerprint density at radius 1 is 1.38 bits per heavy atom. The second kappa shape index (κ2) is 5.70. The van der Waals surface area contributed by atoms with Crippen LogP contribution in [0.1, 0.15) is 33.2 Å². The number of ketones is 1. The van der Waals surface area contributed by atoms with Crippen molar-refractivity contribution in [2.45, 2.75) is 13.8 Å². The lowest BCUT2D eigenvalue weighted by molar-refractivity contribution is 0.0696. The Morgan fingerprint density at radius 3 is 2.62 bits per heavy atom. The van der Waals surface area contributed by atoms with Crippen molar-refractivity contribution in [3.05, 3.63) is 34.9 Å². The fraction of sp³-hybridized carbons (Fsp3) is 0.333. The van der Waals surface area contributed by atoms with Crippen LogP contribution >= 0.6 is 11.8 Å². The van der Waals surface area contributed by atoms with Gasteiger partial charge in [-0.05, 0) is 24.3 Å². The molecule has 0 spiro atoms. The molecule has 3 nitrogen and oxygen atoms in total. The Balaban J connectivity index is 2.94. The van der Waals surface area contributed by atoms with E-state index in [4.69, 9.17) is 5.11 Å². The summed E-state index contributed by atoms with van der Waals surface area (Å²) in [6, 6.07) is 4.81. The molecule has 1 rings (SSSR count). The Labute approximate surface area is 98.9 Å². The van der Waals surface area contributed by atoms with E-state index in [2.05, 4.69) is 0 Å². The van der Waals surface area contributed by atoms with Crippen LogP contribution in [0.15, 0.2) is 18.2 Å². The number of thioether (sulfide) groups is 1. The summed E-state index contributed by atoms with van der Waals surface area (Å²) < 4.78 is 0. The minimum Gasteiger partial charge on any atom is -0.478 e. The van der Waals surface area contributed by atoms with Gasteiger partial charge in [-0.3, -0.25) is 4.79 Å². The maximum atomic E-state index is 11.7. The molecule has 0 aliphatic heterocycles. The van der Waals surface area contributed by atoms with Crippen LogP contribution in [-0.2, 0) is 0 Å². The van der Waals surface area contributed by atoms with Crippen molar-refractivity contribution in [2.24, 2.45) is 0 Å². The number of aromatic carboxylic acids is 1. The summed E-state index contributed by atoms with van der Waals surface area (Å²) in [7, 11) is 0. The second-order valence-electron chi connectivity index (χ2n) is 3.40. The number of aryl methyl sites for hydroxylation is 1. The molecule has 0 aliphatic rings. The van der Waals surface area contributed by atoms with E-state index < -0.39 is 5.97 Å². The zero-order chi connectivity index (χ0) is 12.1. The molecule has 0 heterocycles. The lowest BCUT2D eigenvalue weighted by Crippen LogP contribution is -2.07. The van der Waals surface area contributed by atoms with Crippen LogP contribution in [0.2, 0.25) is 0 Å². The standard InChI is InChI=1S/C12H14O3S/c1-3-16-7-11(13)9-5-4-8(2)10(6-9)12(14)15/h4-6H,3,7H2,1-2H3,(H,14,15). The molecular weight excluding hydrogens is 224 g/mol. The maximum absolute atomic E-state index is 11.7. The Bertz CT molecular complexity index is 413. The number of Topliss-reactive ketones (excluding diaryl/α,β-unsaturated/α-hetero) is 1. The van der Waals surface area contributed by atoms with E-state index >= 15 is 0 Å². The molecular formula is C12H14O3S. The zero-order valence-electron chi connectivity index (χ0n) is 9.32. The molecule has 0 amide bonds. The van der Waals surface area contributed by atoms with Gasteiger partial charge in [-0.1, -0.05) is 19.1 Å². The average molecular weight is 238 g/mol. The van der Waals surface area contributed by atoms with Crippen molar-refractivity contribution >= 4 is 23.5 Å². The van der Waals surface area contributed by atoms with Crippen LogP contribution in [0.25, 0.3) is 0 Å². The third kappa shape index (κ3) is 3.10. The van der Waals surface area contributed by atoms with E-state index in [1.165, 1.54) is 17.8 Å². The molecule has 0 unspecified atom stereocenters. The molecule has 1 N–H and O–H groups in total. The number of rotatable bonds is 5. The predicted octanol–water partition coefficient (Wildman–Crippen LogP) is 2.63. The summed E-state index contributed by atoms with van der Waals surface area (Å²) in [5.74, 6) is 0.270. The molecule has 0 atom stereocenters. The van der Waals surface area contributed by atoms with Crippen molar-refractivity contribution < 1.29 is 14.7 Å². The smallest absolute Gasteiger partial charge is 0.335 e.